The van der Waals surface area contributed by atoms with E-state index < -0.39 is 0 Å². The molecule has 2 aliphatic rings. The van der Waals surface area contributed by atoms with Crippen molar-refractivity contribution in [3.8, 4) is 0 Å². The summed E-state index contributed by atoms with van der Waals surface area (Å²) in [6.45, 7) is 8.61. The zero-order valence-electron chi connectivity index (χ0n) is 10.6. The summed E-state index contributed by atoms with van der Waals surface area (Å²) in [5, 5.41) is 2.33. The molecule has 0 radical (unpaired) electrons. The van der Waals surface area contributed by atoms with E-state index in [1.165, 1.54) is 25.9 Å². The minimum absolute atomic E-state index is 0.604. The van der Waals surface area contributed by atoms with E-state index >= 15 is 0 Å². The van der Waals surface area contributed by atoms with Crippen molar-refractivity contribution in [2.45, 2.75) is 25.8 Å². The molecular formula is C12H25N3O. The smallest absolute Gasteiger partial charge is 0.0608 e. The Morgan fingerprint density at radius 2 is 1.75 bits per heavy atom. The number of hydrogen-bond acceptors (Lipinski definition) is 4. The fourth-order valence-corrected chi connectivity index (χ4v) is 2.61. The molecular weight excluding hydrogens is 202 g/mol. The first-order valence-electron chi connectivity index (χ1n) is 6.53. The molecule has 1 unspecified atom stereocenters. The molecule has 94 valence electrons. The Kier molecular flexibility index (Phi) is 4.58. The normalized spacial score (nSPS) is 28.1. The SMILES string of the molecule is CC(NN1CCOCC1)C1CCN(C)CC1. The lowest BCUT2D eigenvalue weighted by Gasteiger charge is -2.37. The van der Waals surface area contributed by atoms with Gasteiger partial charge in [0.2, 0.25) is 0 Å². The van der Waals surface area contributed by atoms with Crippen molar-refractivity contribution in [1.82, 2.24) is 15.3 Å². The van der Waals surface area contributed by atoms with Crippen LogP contribution in [0.4, 0.5) is 0 Å². The highest BCUT2D eigenvalue weighted by Gasteiger charge is 2.23. The molecule has 2 fully saturated rings. The van der Waals surface area contributed by atoms with Crippen LogP contribution in [-0.2, 0) is 4.74 Å². The Hall–Kier alpha value is -0.160. The summed E-state index contributed by atoms with van der Waals surface area (Å²) < 4.78 is 5.35. The van der Waals surface area contributed by atoms with Gasteiger partial charge in [0.15, 0.2) is 0 Å². The maximum atomic E-state index is 5.35. The van der Waals surface area contributed by atoms with Crippen molar-refractivity contribution in [3.63, 3.8) is 0 Å². The predicted molar refractivity (Wildman–Crippen MR) is 65.2 cm³/mol. The van der Waals surface area contributed by atoms with Gasteiger partial charge in [0.05, 0.1) is 13.2 Å². The van der Waals surface area contributed by atoms with Crippen LogP contribution in [0.1, 0.15) is 19.8 Å². The quantitative estimate of drug-likeness (QED) is 0.762. The van der Waals surface area contributed by atoms with Crippen molar-refractivity contribution in [2.75, 3.05) is 46.4 Å². The first-order valence-corrected chi connectivity index (χ1v) is 6.53. The second-order valence-electron chi connectivity index (χ2n) is 5.16. The predicted octanol–water partition coefficient (Wildman–Crippen LogP) is 0.554. The maximum Gasteiger partial charge on any atom is 0.0608 e. The molecule has 16 heavy (non-hydrogen) atoms. The summed E-state index contributed by atoms with van der Waals surface area (Å²) in [4.78, 5) is 2.43. The molecule has 0 aliphatic carbocycles. The summed E-state index contributed by atoms with van der Waals surface area (Å²) in [7, 11) is 2.22. The highest BCUT2D eigenvalue weighted by atomic mass is 16.5. The lowest BCUT2D eigenvalue weighted by atomic mass is 9.91. The summed E-state index contributed by atoms with van der Waals surface area (Å²) >= 11 is 0. The molecule has 1 atom stereocenters. The number of nitrogens with zero attached hydrogens (tertiary/aromatic N) is 2. The molecule has 0 aromatic rings. The van der Waals surface area contributed by atoms with E-state index in [0.717, 1.165) is 32.2 Å². The van der Waals surface area contributed by atoms with E-state index in [1.54, 1.807) is 0 Å². The van der Waals surface area contributed by atoms with Crippen molar-refractivity contribution in [2.24, 2.45) is 5.92 Å². The van der Waals surface area contributed by atoms with E-state index in [0.29, 0.717) is 6.04 Å². The van der Waals surface area contributed by atoms with E-state index in [2.05, 4.69) is 29.3 Å². The van der Waals surface area contributed by atoms with Gasteiger partial charge in [0, 0.05) is 19.1 Å². The van der Waals surface area contributed by atoms with Crippen LogP contribution in [0.3, 0.4) is 0 Å². The van der Waals surface area contributed by atoms with Gasteiger partial charge in [-0.05, 0) is 45.8 Å². The Labute approximate surface area is 98.9 Å². The summed E-state index contributed by atoms with van der Waals surface area (Å²) in [6.07, 6.45) is 2.66. The zero-order chi connectivity index (χ0) is 11.4. The monoisotopic (exact) mass is 227 g/mol. The van der Waals surface area contributed by atoms with Gasteiger partial charge in [0.1, 0.15) is 0 Å². The number of piperidine rings is 1. The standard InChI is InChI=1S/C12H25N3O/c1-11(12-3-5-14(2)6-4-12)13-15-7-9-16-10-8-15/h11-13H,3-10H2,1-2H3. The second-order valence-corrected chi connectivity index (χ2v) is 5.16. The molecule has 4 heteroatoms. The average molecular weight is 227 g/mol. The third-order valence-corrected chi connectivity index (χ3v) is 3.87. The number of likely N-dealkylation sites (tertiary alicyclic amines) is 1. The first-order chi connectivity index (χ1) is 7.75. The van der Waals surface area contributed by atoms with Gasteiger partial charge >= 0.3 is 0 Å². The topological polar surface area (TPSA) is 27.7 Å². The van der Waals surface area contributed by atoms with E-state index in [4.69, 9.17) is 4.74 Å². The van der Waals surface area contributed by atoms with Crippen LogP contribution in [0, 0.1) is 5.92 Å². The maximum absolute atomic E-state index is 5.35. The van der Waals surface area contributed by atoms with Crippen LogP contribution < -0.4 is 5.43 Å². The average Bonchev–Trinajstić information content (AvgIpc) is 2.31. The molecule has 2 heterocycles. The number of ether oxygens (including phenoxy) is 1. The molecule has 0 saturated carbocycles. The molecule has 0 aromatic heterocycles. The summed E-state index contributed by atoms with van der Waals surface area (Å²) in [5.74, 6) is 0.832. The first kappa shape index (κ1) is 12.3. The van der Waals surface area contributed by atoms with Gasteiger partial charge in [-0.25, -0.2) is 5.01 Å². The van der Waals surface area contributed by atoms with Gasteiger partial charge in [-0.3, -0.25) is 5.43 Å². The van der Waals surface area contributed by atoms with Crippen LogP contribution in [-0.4, -0.2) is 62.4 Å². The van der Waals surface area contributed by atoms with Gasteiger partial charge in [-0.1, -0.05) is 0 Å². The van der Waals surface area contributed by atoms with Crippen LogP contribution >= 0.6 is 0 Å². The Bertz CT molecular complexity index is 198. The van der Waals surface area contributed by atoms with Gasteiger partial charge < -0.3 is 9.64 Å². The second kappa shape index (κ2) is 5.96. The van der Waals surface area contributed by atoms with Crippen LogP contribution in [0.15, 0.2) is 0 Å². The lowest BCUT2D eigenvalue weighted by molar-refractivity contribution is -0.00328. The number of nitrogens with one attached hydrogen (secondary N) is 1. The third kappa shape index (κ3) is 3.42. The van der Waals surface area contributed by atoms with Crippen LogP contribution in [0.25, 0.3) is 0 Å². The zero-order valence-corrected chi connectivity index (χ0v) is 10.6. The Morgan fingerprint density at radius 1 is 1.12 bits per heavy atom. The van der Waals surface area contributed by atoms with Crippen molar-refractivity contribution < 1.29 is 4.74 Å². The number of hydrazine groups is 1. The molecule has 0 aromatic carbocycles. The van der Waals surface area contributed by atoms with E-state index in [9.17, 15) is 0 Å². The molecule has 2 aliphatic heterocycles. The lowest BCUT2D eigenvalue weighted by Crippen LogP contribution is -2.52. The number of hydrogen-bond donors (Lipinski definition) is 1. The fourth-order valence-electron chi connectivity index (χ4n) is 2.61. The molecule has 4 nitrogen and oxygen atoms in total. The van der Waals surface area contributed by atoms with Crippen LogP contribution in [0.2, 0.25) is 0 Å². The molecule has 2 saturated heterocycles. The minimum atomic E-state index is 0.604. The molecule has 0 amide bonds. The molecule has 1 N–H and O–H groups in total. The molecule has 0 bridgehead atoms. The van der Waals surface area contributed by atoms with E-state index in [1.807, 2.05) is 0 Å². The van der Waals surface area contributed by atoms with Crippen molar-refractivity contribution in [1.29, 1.82) is 0 Å². The van der Waals surface area contributed by atoms with Crippen LogP contribution in [0.5, 0.6) is 0 Å². The van der Waals surface area contributed by atoms with E-state index in [-0.39, 0.29) is 0 Å². The Balaban J connectivity index is 1.72. The van der Waals surface area contributed by atoms with Gasteiger partial charge in [-0.15, -0.1) is 0 Å². The largest absolute Gasteiger partial charge is 0.379 e. The third-order valence-electron chi connectivity index (χ3n) is 3.87. The fraction of sp³-hybridized carbons (Fsp3) is 1.00. The van der Waals surface area contributed by atoms with Crippen molar-refractivity contribution in [3.05, 3.63) is 0 Å². The highest BCUT2D eigenvalue weighted by Crippen LogP contribution is 2.19. The minimum Gasteiger partial charge on any atom is -0.379 e. The van der Waals surface area contributed by atoms with Crippen molar-refractivity contribution >= 4 is 0 Å². The van der Waals surface area contributed by atoms with Gasteiger partial charge in [-0.2, -0.15) is 0 Å². The number of rotatable bonds is 3. The number of morpholine rings is 1. The summed E-state index contributed by atoms with van der Waals surface area (Å²) in [5.41, 5.74) is 3.64. The summed E-state index contributed by atoms with van der Waals surface area (Å²) in [6, 6.07) is 0.604. The Morgan fingerprint density at radius 3 is 2.38 bits per heavy atom. The molecule has 2 rings (SSSR count). The highest BCUT2D eigenvalue weighted by molar-refractivity contribution is 4.78. The molecule has 0 spiro atoms. The van der Waals surface area contributed by atoms with Gasteiger partial charge in [0.25, 0.3) is 0 Å².